The molecule has 0 bridgehead atoms. The minimum atomic E-state index is -3.02. The highest BCUT2D eigenvalue weighted by Gasteiger charge is 2.40. The first-order valence-corrected chi connectivity index (χ1v) is 6.71. The van der Waals surface area contributed by atoms with Crippen molar-refractivity contribution in [3.63, 3.8) is 0 Å². The molecule has 0 unspecified atom stereocenters. The zero-order valence-electron chi connectivity index (χ0n) is 8.48. The third-order valence-electron chi connectivity index (χ3n) is 3.18. The lowest BCUT2D eigenvalue weighted by Crippen LogP contribution is -2.53. The first-order chi connectivity index (χ1) is 6.62. The summed E-state index contributed by atoms with van der Waals surface area (Å²) in [6.07, 6.45) is 2.32. The van der Waals surface area contributed by atoms with Crippen LogP contribution in [0.3, 0.4) is 0 Å². The van der Waals surface area contributed by atoms with E-state index in [1.54, 1.807) is 4.31 Å². The van der Waals surface area contributed by atoms with Crippen LogP contribution in [0.5, 0.6) is 0 Å². The van der Waals surface area contributed by atoms with Gasteiger partial charge in [0.25, 0.3) is 0 Å². The van der Waals surface area contributed by atoms with Crippen LogP contribution < -0.4 is 0 Å². The molecule has 0 aromatic heterocycles. The molecular formula is C9H17NO3S. The predicted molar refractivity (Wildman–Crippen MR) is 53.5 cm³/mol. The summed E-state index contributed by atoms with van der Waals surface area (Å²) in [5, 5.41) is -0.195. The van der Waals surface area contributed by atoms with Crippen LogP contribution >= 0.6 is 0 Å². The molecule has 0 radical (unpaired) electrons. The molecule has 2 heterocycles. The van der Waals surface area contributed by atoms with Crippen LogP contribution in [-0.2, 0) is 14.8 Å². The third-order valence-corrected chi connectivity index (χ3v) is 5.69. The second kappa shape index (κ2) is 3.79. The molecule has 0 aliphatic carbocycles. The molecule has 2 aliphatic heterocycles. The molecule has 2 aliphatic rings. The molecule has 0 amide bonds. The Labute approximate surface area is 85.3 Å². The SMILES string of the molecule is C[C@H]1CCN1S(=O)(=O)C1CCOCC1. The molecule has 0 aromatic carbocycles. The topological polar surface area (TPSA) is 46.6 Å². The summed E-state index contributed by atoms with van der Waals surface area (Å²) in [7, 11) is -3.02. The minimum Gasteiger partial charge on any atom is -0.381 e. The average Bonchev–Trinajstić information content (AvgIpc) is 2.16. The molecule has 82 valence electrons. The van der Waals surface area contributed by atoms with E-state index in [1.807, 2.05) is 6.92 Å². The van der Waals surface area contributed by atoms with Gasteiger partial charge in [0, 0.05) is 25.8 Å². The van der Waals surface area contributed by atoms with E-state index in [0.29, 0.717) is 32.6 Å². The lowest BCUT2D eigenvalue weighted by Gasteiger charge is -2.40. The van der Waals surface area contributed by atoms with E-state index in [0.717, 1.165) is 6.42 Å². The van der Waals surface area contributed by atoms with Gasteiger partial charge in [0.1, 0.15) is 0 Å². The van der Waals surface area contributed by atoms with Crippen LogP contribution in [0, 0.1) is 0 Å². The van der Waals surface area contributed by atoms with Crippen molar-refractivity contribution in [3.8, 4) is 0 Å². The fourth-order valence-electron chi connectivity index (χ4n) is 2.04. The second-order valence-electron chi connectivity index (χ2n) is 4.11. The second-order valence-corrected chi connectivity index (χ2v) is 6.27. The van der Waals surface area contributed by atoms with Gasteiger partial charge in [0.05, 0.1) is 5.25 Å². The van der Waals surface area contributed by atoms with Gasteiger partial charge in [-0.2, -0.15) is 4.31 Å². The highest BCUT2D eigenvalue weighted by atomic mass is 32.2. The fourth-order valence-corrected chi connectivity index (χ4v) is 4.17. The van der Waals surface area contributed by atoms with Crippen LogP contribution in [0.25, 0.3) is 0 Å². The maximum atomic E-state index is 12.0. The summed E-state index contributed by atoms with van der Waals surface area (Å²) in [4.78, 5) is 0. The monoisotopic (exact) mass is 219 g/mol. The quantitative estimate of drug-likeness (QED) is 0.683. The fraction of sp³-hybridized carbons (Fsp3) is 1.00. The zero-order chi connectivity index (χ0) is 10.2. The van der Waals surface area contributed by atoms with E-state index in [4.69, 9.17) is 4.74 Å². The van der Waals surface area contributed by atoms with Crippen molar-refractivity contribution in [1.82, 2.24) is 4.31 Å². The Kier molecular flexibility index (Phi) is 2.81. The van der Waals surface area contributed by atoms with E-state index in [2.05, 4.69) is 0 Å². The van der Waals surface area contributed by atoms with Crippen molar-refractivity contribution in [1.29, 1.82) is 0 Å². The molecule has 2 fully saturated rings. The van der Waals surface area contributed by atoms with Crippen LogP contribution in [0.1, 0.15) is 26.2 Å². The average molecular weight is 219 g/mol. The number of nitrogens with zero attached hydrogens (tertiary/aromatic N) is 1. The smallest absolute Gasteiger partial charge is 0.217 e. The summed E-state index contributed by atoms with van der Waals surface area (Å²) in [5.74, 6) is 0. The summed E-state index contributed by atoms with van der Waals surface area (Å²) in [6.45, 7) is 3.86. The van der Waals surface area contributed by atoms with E-state index in [9.17, 15) is 8.42 Å². The molecule has 2 rings (SSSR count). The Balaban J connectivity index is 2.06. The third kappa shape index (κ3) is 1.68. The van der Waals surface area contributed by atoms with Crippen molar-refractivity contribution in [2.45, 2.75) is 37.5 Å². The summed E-state index contributed by atoms with van der Waals surface area (Å²) in [6, 6.07) is 0.211. The van der Waals surface area contributed by atoms with Gasteiger partial charge in [0.15, 0.2) is 0 Å². The van der Waals surface area contributed by atoms with Crippen LogP contribution in [0.15, 0.2) is 0 Å². The van der Waals surface area contributed by atoms with Crippen molar-refractivity contribution < 1.29 is 13.2 Å². The first-order valence-electron chi connectivity index (χ1n) is 5.21. The maximum Gasteiger partial charge on any atom is 0.217 e. The van der Waals surface area contributed by atoms with Crippen molar-refractivity contribution in [2.75, 3.05) is 19.8 Å². The number of rotatable bonds is 2. The van der Waals surface area contributed by atoms with Gasteiger partial charge < -0.3 is 4.74 Å². The Morgan fingerprint density at radius 3 is 2.29 bits per heavy atom. The van der Waals surface area contributed by atoms with Gasteiger partial charge in [-0.3, -0.25) is 0 Å². The van der Waals surface area contributed by atoms with Crippen molar-refractivity contribution in [2.24, 2.45) is 0 Å². The minimum absolute atomic E-state index is 0.195. The Morgan fingerprint density at radius 2 is 1.86 bits per heavy atom. The molecule has 0 aromatic rings. The highest BCUT2D eigenvalue weighted by molar-refractivity contribution is 7.89. The van der Waals surface area contributed by atoms with Crippen LogP contribution in [0.2, 0.25) is 0 Å². The standard InChI is InChI=1S/C9H17NO3S/c1-8-2-5-10(8)14(11,12)9-3-6-13-7-4-9/h8-9H,2-7H2,1H3/t8-/m0/s1. The van der Waals surface area contributed by atoms with Gasteiger partial charge in [0.2, 0.25) is 10.0 Å². The van der Waals surface area contributed by atoms with E-state index >= 15 is 0 Å². The van der Waals surface area contributed by atoms with Crippen LogP contribution in [-0.4, -0.2) is 43.8 Å². The van der Waals surface area contributed by atoms with Gasteiger partial charge >= 0.3 is 0 Å². The first kappa shape index (κ1) is 10.4. The summed E-state index contributed by atoms with van der Waals surface area (Å²) in [5.41, 5.74) is 0. The van der Waals surface area contributed by atoms with Gasteiger partial charge in [-0.05, 0) is 26.2 Å². The summed E-state index contributed by atoms with van der Waals surface area (Å²) >= 11 is 0. The van der Waals surface area contributed by atoms with Gasteiger partial charge in [-0.15, -0.1) is 0 Å². The van der Waals surface area contributed by atoms with E-state index in [-0.39, 0.29) is 11.3 Å². The molecule has 4 nitrogen and oxygen atoms in total. The molecular weight excluding hydrogens is 202 g/mol. The number of hydrogen-bond acceptors (Lipinski definition) is 3. The van der Waals surface area contributed by atoms with Crippen LogP contribution in [0.4, 0.5) is 0 Å². The maximum absolute atomic E-state index is 12.0. The number of hydrogen-bond donors (Lipinski definition) is 0. The van der Waals surface area contributed by atoms with Gasteiger partial charge in [-0.25, -0.2) is 8.42 Å². The normalized spacial score (nSPS) is 31.4. The molecule has 0 N–H and O–H groups in total. The Hall–Kier alpha value is -0.130. The number of sulfonamides is 1. The number of ether oxygens (including phenoxy) is 1. The molecule has 2 saturated heterocycles. The molecule has 1 atom stereocenters. The molecule has 0 saturated carbocycles. The van der Waals surface area contributed by atoms with Crippen molar-refractivity contribution in [3.05, 3.63) is 0 Å². The lowest BCUT2D eigenvalue weighted by atomic mass is 10.1. The van der Waals surface area contributed by atoms with Crippen molar-refractivity contribution >= 4 is 10.0 Å². The Bertz CT molecular complexity index is 295. The molecule has 14 heavy (non-hydrogen) atoms. The largest absolute Gasteiger partial charge is 0.381 e. The summed E-state index contributed by atoms with van der Waals surface area (Å²) < 4.78 is 30.9. The lowest BCUT2D eigenvalue weighted by molar-refractivity contribution is 0.0953. The zero-order valence-corrected chi connectivity index (χ0v) is 9.29. The van der Waals surface area contributed by atoms with E-state index < -0.39 is 10.0 Å². The molecule has 5 heteroatoms. The highest BCUT2D eigenvalue weighted by Crippen LogP contribution is 2.27. The Morgan fingerprint density at radius 1 is 1.21 bits per heavy atom. The van der Waals surface area contributed by atoms with E-state index in [1.165, 1.54) is 0 Å². The molecule has 0 spiro atoms. The van der Waals surface area contributed by atoms with Gasteiger partial charge in [-0.1, -0.05) is 0 Å². The predicted octanol–water partition coefficient (Wildman–Crippen LogP) is 0.589.